The molecule has 0 N–H and O–H groups in total. The number of benzene rings is 1. The second-order valence-electron chi connectivity index (χ2n) is 4.22. The van der Waals surface area contributed by atoms with Gasteiger partial charge in [0.2, 0.25) is 0 Å². The zero-order valence-corrected chi connectivity index (χ0v) is 10.4. The van der Waals surface area contributed by atoms with Gasteiger partial charge < -0.3 is 4.90 Å². The van der Waals surface area contributed by atoms with E-state index in [0.717, 1.165) is 17.7 Å². The highest BCUT2D eigenvalue weighted by molar-refractivity contribution is 6.30. The fourth-order valence-corrected chi connectivity index (χ4v) is 2.42. The molecule has 3 nitrogen and oxygen atoms in total. The lowest BCUT2D eigenvalue weighted by atomic mass is 10.2. The van der Waals surface area contributed by atoms with Gasteiger partial charge in [-0.1, -0.05) is 11.6 Å². The molecule has 4 heteroatoms. The molecule has 0 saturated heterocycles. The van der Waals surface area contributed by atoms with Gasteiger partial charge in [0.05, 0.1) is 5.56 Å². The van der Waals surface area contributed by atoms with E-state index in [0.29, 0.717) is 17.1 Å². The van der Waals surface area contributed by atoms with Crippen molar-refractivity contribution in [2.45, 2.75) is 6.42 Å². The zero-order chi connectivity index (χ0) is 12.5. The molecule has 1 aliphatic heterocycles. The minimum absolute atomic E-state index is 0.0100. The topological polar surface area (TPSA) is 33.2 Å². The Labute approximate surface area is 110 Å². The fourth-order valence-electron chi connectivity index (χ4n) is 2.23. The van der Waals surface area contributed by atoms with Gasteiger partial charge in [-0.3, -0.25) is 9.78 Å². The number of halogens is 1. The van der Waals surface area contributed by atoms with Gasteiger partial charge in [0.15, 0.2) is 0 Å². The lowest BCUT2D eigenvalue weighted by molar-refractivity contribution is 0.0989. The fraction of sp³-hybridized carbons (Fsp3) is 0.143. The number of carbonyl (C=O) groups is 1. The summed E-state index contributed by atoms with van der Waals surface area (Å²) in [5, 5.41) is 0.712. The molecule has 1 amide bonds. The summed E-state index contributed by atoms with van der Waals surface area (Å²) >= 11 is 5.95. The van der Waals surface area contributed by atoms with E-state index in [-0.39, 0.29) is 5.91 Å². The van der Waals surface area contributed by atoms with Crippen LogP contribution in [0.1, 0.15) is 15.9 Å². The lowest BCUT2D eigenvalue weighted by Crippen LogP contribution is -2.28. The summed E-state index contributed by atoms with van der Waals surface area (Å²) in [6.07, 6.45) is 4.10. The second-order valence-corrected chi connectivity index (χ2v) is 4.66. The van der Waals surface area contributed by atoms with Crippen LogP contribution < -0.4 is 4.90 Å². The number of carbonyl (C=O) groups excluding carboxylic acids is 1. The molecule has 18 heavy (non-hydrogen) atoms. The van der Waals surface area contributed by atoms with Crippen LogP contribution in [0.2, 0.25) is 5.02 Å². The molecule has 3 rings (SSSR count). The van der Waals surface area contributed by atoms with Gasteiger partial charge in [0, 0.05) is 29.6 Å². The minimum Gasteiger partial charge on any atom is -0.308 e. The monoisotopic (exact) mass is 258 g/mol. The molecule has 2 heterocycles. The maximum absolute atomic E-state index is 12.3. The molecule has 0 saturated carbocycles. The van der Waals surface area contributed by atoms with Crippen LogP contribution in [0.4, 0.5) is 5.69 Å². The third-order valence-electron chi connectivity index (χ3n) is 3.09. The van der Waals surface area contributed by atoms with E-state index < -0.39 is 0 Å². The van der Waals surface area contributed by atoms with Crippen molar-refractivity contribution in [1.29, 1.82) is 0 Å². The average molecular weight is 259 g/mol. The van der Waals surface area contributed by atoms with Crippen molar-refractivity contribution in [2.75, 3.05) is 11.4 Å². The van der Waals surface area contributed by atoms with Gasteiger partial charge in [-0.15, -0.1) is 0 Å². The normalized spacial score (nSPS) is 13.5. The summed E-state index contributed by atoms with van der Waals surface area (Å²) in [6.45, 7) is 0.698. The van der Waals surface area contributed by atoms with E-state index in [4.69, 9.17) is 11.6 Å². The summed E-state index contributed by atoms with van der Waals surface area (Å²) in [7, 11) is 0. The molecule has 0 unspecified atom stereocenters. The van der Waals surface area contributed by atoms with Gasteiger partial charge in [-0.05, 0) is 42.3 Å². The van der Waals surface area contributed by atoms with Gasteiger partial charge in [-0.25, -0.2) is 0 Å². The van der Waals surface area contributed by atoms with Crippen molar-refractivity contribution in [1.82, 2.24) is 4.98 Å². The molecule has 0 radical (unpaired) electrons. The first-order valence-electron chi connectivity index (χ1n) is 5.76. The Bertz CT molecular complexity index is 598. The Morgan fingerprint density at radius 3 is 3.00 bits per heavy atom. The van der Waals surface area contributed by atoms with Crippen molar-refractivity contribution in [2.24, 2.45) is 0 Å². The van der Waals surface area contributed by atoms with E-state index in [1.807, 2.05) is 18.2 Å². The number of rotatable bonds is 1. The van der Waals surface area contributed by atoms with Crippen LogP contribution in [0.15, 0.2) is 42.7 Å². The highest BCUT2D eigenvalue weighted by Crippen LogP contribution is 2.31. The summed E-state index contributed by atoms with van der Waals surface area (Å²) in [6, 6.07) is 9.19. The number of nitrogens with zero attached hydrogens (tertiary/aromatic N) is 2. The molecule has 90 valence electrons. The van der Waals surface area contributed by atoms with Crippen molar-refractivity contribution in [3.8, 4) is 0 Å². The number of hydrogen-bond donors (Lipinski definition) is 0. The molecule has 2 aromatic rings. The molecule has 1 aliphatic rings. The molecule has 0 bridgehead atoms. The van der Waals surface area contributed by atoms with E-state index in [9.17, 15) is 4.79 Å². The largest absolute Gasteiger partial charge is 0.308 e. The van der Waals surface area contributed by atoms with Crippen molar-refractivity contribution in [3.63, 3.8) is 0 Å². The standard InChI is InChI=1S/C14H11ClN2O/c15-12-3-4-13-10(8-12)5-7-17(13)14(18)11-2-1-6-16-9-11/h1-4,6,8-9H,5,7H2. The highest BCUT2D eigenvalue weighted by Gasteiger charge is 2.25. The first kappa shape index (κ1) is 11.2. The maximum atomic E-state index is 12.3. The van der Waals surface area contributed by atoms with Gasteiger partial charge >= 0.3 is 0 Å². The maximum Gasteiger partial charge on any atom is 0.259 e. The molecule has 1 aromatic carbocycles. The quantitative estimate of drug-likeness (QED) is 0.788. The number of anilines is 1. The lowest BCUT2D eigenvalue weighted by Gasteiger charge is -2.17. The van der Waals surface area contributed by atoms with Crippen LogP contribution in [-0.4, -0.2) is 17.4 Å². The van der Waals surface area contributed by atoms with E-state index in [2.05, 4.69) is 4.98 Å². The molecule has 0 aliphatic carbocycles. The number of amides is 1. The van der Waals surface area contributed by atoms with Crippen molar-refractivity contribution < 1.29 is 4.79 Å². The Morgan fingerprint density at radius 2 is 2.22 bits per heavy atom. The number of fused-ring (bicyclic) bond motifs is 1. The first-order valence-corrected chi connectivity index (χ1v) is 6.14. The Hall–Kier alpha value is -1.87. The molecule has 0 spiro atoms. The first-order chi connectivity index (χ1) is 8.75. The Morgan fingerprint density at radius 1 is 1.33 bits per heavy atom. The number of pyridine rings is 1. The zero-order valence-electron chi connectivity index (χ0n) is 9.64. The molecule has 1 aromatic heterocycles. The Balaban J connectivity index is 1.95. The smallest absolute Gasteiger partial charge is 0.259 e. The predicted octanol–water partition coefficient (Wildman–Crippen LogP) is 2.94. The average Bonchev–Trinajstić information content (AvgIpc) is 2.81. The number of aromatic nitrogens is 1. The van der Waals surface area contributed by atoms with Crippen LogP contribution in [0.5, 0.6) is 0 Å². The second kappa shape index (κ2) is 4.42. The molecular formula is C14H11ClN2O. The third-order valence-corrected chi connectivity index (χ3v) is 3.33. The third kappa shape index (κ3) is 1.87. The van der Waals surface area contributed by atoms with Crippen LogP contribution >= 0.6 is 11.6 Å². The van der Waals surface area contributed by atoms with E-state index in [1.165, 1.54) is 0 Å². The molecule has 0 atom stereocenters. The summed E-state index contributed by atoms with van der Waals surface area (Å²) < 4.78 is 0. The van der Waals surface area contributed by atoms with Crippen LogP contribution in [0, 0.1) is 0 Å². The van der Waals surface area contributed by atoms with Crippen LogP contribution in [-0.2, 0) is 6.42 Å². The van der Waals surface area contributed by atoms with Crippen LogP contribution in [0.3, 0.4) is 0 Å². The van der Waals surface area contributed by atoms with Gasteiger partial charge in [-0.2, -0.15) is 0 Å². The Kier molecular flexibility index (Phi) is 2.76. The summed E-state index contributed by atoms with van der Waals surface area (Å²) in [5.74, 6) is -0.0100. The van der Waals surface area contributed by atoms with Crippen molar-refractivity contribution in [3.05, 3.63) is 58.9 Å². The highest BCUT2D eigenvalue weighted by atomic mass is 35.5. The van der Waals surface area contributed by atoms with Crippen LogP contribution in [0.25, 0.3) is 0 Å². The summed E-state index contributed by atoms with van der Waals surface area (Å²) in [4.78, 5) is 18.1. The van der Waals surface area contributed by atoms with Crippen molar-refractivity contribution >= 4 is 23.2 Å². The van der Waals surface area contributed by atoms with E-state index >= 15 is 0 Å². The minimum atomic E-state index is -0.0100. The van der Waals surface area contributed by atoms with E-state index in [1.54, 1.807) is 29.4 Å². The van der Waals surface area contributed by atoms with Gasteiger partial charge in [0.25, 0.3) is 5.91 Å². The summed E-state index contributed by atoms with van der Waals surface area (Å²) in [5.41, 5.74) is 2.69. The number of hydrogen-bond acceptors (Lipinski definition) is 2. The molecule has 0 fully saturated rings. The van der Waals surface area contributed by atoms with Gasteiger partial charge in [0.1, 0.15) is 0 Å². The SMILES string of the molecule is O=C(c1cccnc1)N1CCc2cc(Cl)ccc21. The molecular weight excluding hydrogens is 248 g/mol. The predicted molar refractivity (Wildman–Crippen MR) is 71.1 cm³/mol.